The summed E-state index contributed by atoms with van der Waals surface area (Å²) in [6.07, 6.45) is 7.72. The SMILES string of the molecule is COc1ccccc1/C=C/CN1CCC(n2cc(C(C)O)nn2)CC1. The van der Waals surface area contributed by atoms with Crippen molar-refractivity contribution in [2.45, 2.75) is 31.9 Å². The van der Waals surface area contributed by atoms with Gasteiger partial charge in [-0.05, 0) is 25.8 Å². The van der Waals surface area contributed by atoms with E-state index in [0.29, 0.717) is 11.7 Å². The first-order valence-electron chi connectivity index (χ1n) is 8.79. The van der Waals surface area contributed by atoms with Crippen LogP contribution in [0.1, 0.15) is 43.2 Å². The van der Waals surface area contributed by atoms with Crippen LogP contribution in [0.4, 0.5) is 0 Å². The minimum atomic E-state index is -0.561. The molecule has 0 saturated carbocycles. The van der Waals surface area contributed by atoms with Gasteiger partial charge in [-0.15, -0.1) is 5.10 Å². The van der Waals surface area contributed by atoms with Gasteiger partial charge in [0.25, 0.3) is 0 Å². The van der Waals surface area contributed by atoms with Gasteiger partial charge in [0.2, 0.25) is 0 Å². The number of aromatic nitrogens is 3. The molecule has 1 unspecified atom stereocenters. The van der Waals surface area contributed by atoms with Gasteiger partial charge in [-0.3, -0.25) is 4.90 Å². The lowest BCUT2D eigenvalue weighted by molar-refractivity contribution is 0.191. The summed E-state index contributed by atoms with van der Waals surface area (Å²) in [5, 5.41) is 17.8. The predicted octanol–water partition coefficient (Wildman–Crippen LogP) is 2.69. The van der Waals surface area contributed by atoms with Crippen LogP contribution in [0.15, 0.2) is 36.5 Å². The second kappa shape index (κ2) is 8.27. The van der Waals surface area contributed by atoms with Gasteiger partial charge >= 0.3 is 0 Å². The number of ether oxygens (including phenoxy) is 1. The van der Waals surface area contributed by atoms with E-state index < -0.39 is 6.10 Å². The van der Waals surface area contributed by atoms with Gasteiger partial charge in [-0.1, -0.05) is 35.6 Å². The van der Waals surface area contributed by atoms with E-state index in [9.17, 15) is 5.11 Å². The van der Waals surface area contributed by atoms with Crippen molar-refractivity contribution < 1.29 is 9.84 Å². The van der Waals surface area contributed by atoms with E-state index in [1.54, 1.807) is 14.0 Å². The van der Waals surface area contributed by atoms with Gasteiger partial charge in [0, 0.05) is 25.2 Å². The molecule has 0 bridgehead atoms. The van der Waals surface area contributed by atoms with Crippen molar-refractivity contribution in [1.29, 1.82) is 0 Å². The van der Waals surface area contributed by atoms with Crippen LogP contribution in [0.2, 0.25) is 0 Å². The molecule has 1 aliphatic heterocycles. The number of para-hydroxylation sites is 1. The van der Waals surface area contributed by atoms with E-state index in [-0.39, 0.29) is 0 Å². The van der Waals surface area contributed by atoms with Crippen molar-refractivity contribution in [1.82, 2.24) is 19.9 Å². The molecule has 1 N–H and O–H groups in total. The number of nitrogens with zero attached hydrogens (tertiary/aromatic N) is 4. The normalized spacial score (nSPS) is 17.9. The fourth-order valence-electron chi connectivity index (χ4n) is 3.16. The molecule has 3 rings (SSSR count). The summed E-state index contributed by atoms with van der Waals surface area (Å²) in [6.45, 7) is 4.71. The lowest BCUT2D eigenvalue weighted by Crippen LogP contribution is -2.34. The zero-order valence-corrected chi connectivity index (χ0v) is 14.9. The smallest absolute Gasteiger partial charge is 0.126 e. The van der Waals surface area contributed by atoms with Crippen molar-refractivity contribution in [2.24, 2.45) is 0 Å². The predicted molar refractivity (Wildman–Crippen MR) is 97.4 cm³/mol. The highest BCUT2D eigenvalue weighted by atomic mass is 16.5. The van der Waals surface area contributed by atoms with Gasteiger partial charge in [-0.2, -0.15) is 0 Å². The molecule has 6 nitrogen and oxygen atoms in total. The van der Waals surface area contributed by atoms with Crippen molar-refractivity contribution in [3.05, 3.63) is 47.8 Å². The number of aliphatic hydroxyl groups excluding tert-OH is 1. The highest BCUT2D eigenvalue weighted by molar-refractivity contribution is 5.57. The Morgan fingerprint density at radius 3 is 2.76 bits per heavy atom. The summed E-state index contributed by atoms with van der Waals surface area (Å²) in [6, 6.07) is 8.41. The summed E-state index contributed by atoms with van der Waals surface area (Å²) in [7, 11) is 1.70. The molecular formula is C19H26N4O2. The van der Waals surface area contributed by atoms with E-state index in [2.05, 4.69) is 33.4 Å². The standard InChI is InChI=1S/C19H26N4O2/c1-15(24)18-14-23(21-20-18)17-9-12-22(13-10-17)11-5-7-16-6-3-4-8-19(16)25-2/h3-8,14-15,17,24H,9-13H2,1-2H3/b7-5+. The lowest BCUT2D eigenvalue weighted by atomic mass is 10.1. The molecule has 1 aromatic carbocycles. The molecule has 1 fully saturated rings. The number of hydrogen-bond donors (Lipinski definition) is 1. The quantitative estimate of drug-likeness (QED) is 0.874. The number of hydrogen-bond acceptors (Lipinski definition) is 5. The molecule has 1 aliphatic rings. The molecule has 0 aliphatic carbocycles. The molecule has 6 heteroatoms. The third-order valence-corrected chi connectivity index (χ3v) is 4.69. The van der Waals surface area contributed by atoms with Crippen LogP contribution in [0, 0.1) is 0 Å². The van der Waals surface area contributed by atoms with Gasteiger partial charge in [-0.25, -0.2) is 4.68 Å². The zero-order valence-electron chi connectivity index (χ0n) is 14.9. The zero-order chi connectivity index (χ0) is 17.6. The Labute approximate surface area is 148 Å². The second-order valence-corrected chi connectivity index (χ2v) is 6.48. The Hall–Kier alpha value is -2.18. The molecule has 0 amide bonds. The van der Waals surface area contributed by atoms with Crippen LogP contribution < -0.4 is 4.74 Å². The fraction of sp³-hybridized carbons (Fsp3) is 0.474. The Kier molecular flexibility index (Phi) is 5.83. The monoisotopic (exact) mass is 342 g/mol. The van der Waals surface area contributed by atoms with E-state index >= 15 is 0 Å². The number of aliphatic hydroxyl groups is 1. The fourth-order valence-corrected chi connectivity index (χ4v) is 3.16. The molecule has 25 heavy (non-hydrogen) atoms. The molecule has 2 aromatic rings. The maximum Gasteiger partial charge on any atom is 0.126 e. The van der Waals surface area contributed by atoms with Gasteiger partial charge in [0.05, 0.1) is 25.5 Å². The largest absolute Gasteiger partial charge is 0.496 e. The third-order valence-electron chi connectivity index (χ3n) is 4.69. The van der Waals surface area contributed by atoms with E-state index in [4.69, 9.17) is 4.74 Å². The Bertz CT molecular complexity index is 703. The Morgan fingerprint density at radius 1 is 1.32 bits per heavy atom. The maximum atomic E-state index is 9.57. The molecule has 0 radical (unpaired) electrons. The molecule has 0 spiro atoms. The number of piperidine rings is 1. The van der Waals surface area contributed by atoms with Gasteiger partial charge in [0.1, 0.15) is 11.4 Å². The van der Waals surface area contributed by atoms with Crippen molar-refractivity contribution in [3.8, 4) is 5.75 Å². The van der Waals surface area contributed by atoms with Crippen LogP contribution in [0.3, 0.4) is 0 Å². The molecule has 1 aromatic heterocycles. The molecule has 2 heterocycles. The summed E-state index contributed by atoms with van der Waals surface area (Å²) in [4.78, 5) is 2.44. The summed E-state index contributed by atoms with van der Waals surface area (Å²) in [5.41, 5.74) is 1.75. The average molecular weight is 342 g/mol. The third kappa shape index (κ3) is 4.46. The molecule has 1 atom stereocenters. The average Bonchev–Trinajstić information content (AvgIpc) is 3.13. The first kappa shape index (κ1) is 17.6. The van der Waals surface area contributed by atoms with E-state index in [1.165, 1.54) is 0 Å². The van der Waals surface area contributed by atoms with Crippen molar-refractivity contribution >= 4 is 6.08 Å². The Morgan fingerprint density at radius 2 is 2.08 bits per heavy atom. The minimum absolute atomic E-state index is 0.370. The lowest BCUT2D eigenvalue weighted by Gasteiger charge is -2.30. The van der Waals surface area contributed by atoms with Crippen LogP contribution in [-0.2, 0) is 0 Å². The molecular weight excluding hydrogens is 316 g/mol. The summed E-state index contributed by atoms with van der Waals surface area (Å²) in [5.74, 6) is 0.901. The first-order valence-corrected chi connectivity index (χ1v) is 8.79. The summed E-state index contributed by atoms with van der Waals surface area (Å²) < 4.78 is 7.28. The van der Waals surface area contributed by atoms with Crippen LogP contribution in [-0.4, -0.2) is 51.7 Å². The van der Waals surface area contributed by atoms with Gasteiger partial charge < -0.3 is 9.84 Å². The van der Waals surface area contributed by atoms with E-state index in [1.807, 2.05) is 29.1 Å². The van der Waals surface area contributed by atoms with Gasteiger partial charge in [0.15, 0.2) is 0 Å². The molecule has 134 valence electrons. The number of likely N-dealkylation sites (tertiary alicyclic amines) is 1. The minimum Gasteiger partial charge on any atom is -0.496 e. The number of rotatable bonds is 6. The number of methoxy groups -OCH3 is 1. The second-order valence-electron chi connectivity index (χ2n) is 6.48. The van der Waals surface area contributed by atoms with Crippen LogP contribution in [0.5, 0.6) is 5.75 Å². The summed E-state index contributed by atoms with van der Waals surface area (Å²) >= 11 is 0. The number of benzene rings is 1. The highest BCUT2D eigenvalue weighted by Gasteiger charge is 2.21. The Balaban J connectivity index is 1.50. The van der Waals surface area contributed by atoms with Crippen molar-refractivity contribution in [2.75, 3.05) is 26.7 Å². The van der Waals surface area contributed by atoms with E-state index in [0.717, 1.165) is 43.8 Å². The van der Waals surface area contributed by atoms with Crippen molar-refractivity contribution in [3.63, 3.8) is 0 Å². The molecule has 1 saturated heterocycles. The van der Waals surface area contributed by atoms with Crippen LogP contribution >= 0.6 is 0 Å². The highest BCUT2D eigenvalue weighted by Crippen LogP contribution is 2.23. The van der Waals surface area contributed by atoms with Crippen LogP contribution in [0.25, 0.3) is 6.08 Å². The maximum absolute atomic E-state index is 9.57. The first-order chi connectivity index (χ1) is 12.2. The topological polar surface area (TPSA) is 63.4 Å².